The van der Waals surface area contributed by atoms with Gasteiger partial charge in [-0.1, -0.05) is 13.8 Å². The van der Waals surface area contributed by atoms with Gasteiger partial charge in [0, 0.05) is 12.6 Å². The lowest BCUT2D eigenvalue weighted by atomic mass is 10.1. The number of hydrogen-bond acceptors (Lipinski definition) is 2. The minimum absolute atomic E-state index is 0.237. The van der Waals surface area contributed by atoms with E-state index in [4.69, 9.17) is 5.73 Å². The smallest absolute Gasteiger partial charge is 0.125 e. The van der Waals surface area contributed by atoms with Gasteiger partial charge in [-0.25, -0.2) is 4.39 Å². The number of nitrogen functional groups attached to an aromatic ring is 1. The van der Waals surface area contributed by atoms with Crippen molar-refractivity contribution in [1.82, 2.24) is 0 Å². The third kappa shape index (κ3) is 3.12. The Labute approximate surface area is 97.3 Å². The summed E-state index contributed by atoms with van der Waals surface area (Å²) in [5.74, 6) is 0.281. The summed E-state index contributed by atoms with van der Waals surface area (Å²) in [6.45, 7) is 9.35. The Morgan fingerprint density at radius 3 is 2.38 bits per heavy atom. The van der Waals surface area contributed by atoms with Crippen LogP contribution in [0.25, 0.3) is 0 Å². The molecule has 0 unspecified atom stereocenters. The van der Waals surface area contributed by atoms with Crippen LogP contribution < -0.4 is 10.6 Å². The first-order valence-electron chi connectivity index (χ1n) is 5.73. The van der Waals surface area contributed by atoms with Gasteiger partial charge in [-0.05, 0) is 38.0 Å². The number of halogens is 1. The van der Waals surface area contributed by atoms with Crippen molar-refractivity contribution in [2.75, 3.05) is 17.2 Å². The second-order valence-electron chi connectivity index (χ2n) is 4.84. The van der Waals surface area contributed by atoms with E-state index in [-0.39, 0.29) is 5.82 Å². The van der Waals surface area contributed by atoms with Crippen molar-refractivity contribution in [3.63, 3.8) is 0 Å². The average molecular weight is 224 g/mol. The Bertz CT molecular complexity index is 348. The topological polar surface area (TPSA) is 29.3 Å². The molecular weight excluding hydrogens is 203 g/mol. The Balaban J connectivity index is 3.05. The van der Waals surface area contributed by atoms with Gasteiger partial charge in [0.1, 0.15) is 5.82 Å². The van der Waals surface area contributed by atoms with E-state index >= 15 is 0 Å². The monoisotopic (exact) mass is 224 g/mol. The maximum absolute atomic E-state index is 13.2. The number of hydrogen-bond donors (Lipinski definition) is 1. The van der Waals surface area contributed by atoms with Gasteiger partial charge in [-0.2, -0.15) is 0 Å². The first-order valence-corrected chi connectivity index (χ1v) is 5.73. The molecule has 0 heterocycles. The van der Waals surface area contributed by atoms with E-state index in [0.29, 0.717) is 17.6 Å². The first-order chi connectivity index (χ1) is 7.41. The molecule has 0 radical (unpaired) electrons. The fourth-order valence-electron chi connectivity index (χ4n) is 1.75. The van der Waals surface area contributed by atoms with Crippen LogP contribution >= 0.6 is 0 Å². The summed E-state index contributed by atoms with van der Waals surface area (Å²) in [6, 6.07) is 4.84. The van der Waals surface area contributed by atoms with E-state index in [9.17, 15) is 4.39 Å². The molecule has 0 amide bonds. The van der Waals surface area contributed by atoms with Crippen LogP contribution in [0.5, 0.6) is 0 Å². The third-order valence-electron chi connectivity index (χ3n) is 2.49. The van der Waals surface area contributed by atoms with Crippen molar-refractivity contribution in [2.24, 2.45) is 5.92 Å². The number of benzene rings is 1. The van der Waals surface area contributed by atoms with Gasteiger partial charge in [0.15, 0.2) is 0 Å². The number of rotatable bonds is 4. The van der Waals surface area contributed by atoms with Crippen molar-refractivity contribution in [2.45, 2.75) is 33.7 Å². The van der Waals surface area contributed by atoms with E-state index in [1.807, 2.05) is 0 Å². The van der Waals surface area contributed by atoms with Crippen molar-refractivity contribution < 1.29 is 4.39 Å². The van der Waals surface area contributed by atoms with Crippen molar-refractivity contribution >= 4 is 11.4 Å². The molecule has 0 saturated heterocycles. The zero-order chi connectivity index (χ0) is 12.3. The number of nitrogens with zero attached hydrogens (tertiary/aromatic N) is 1. The molecule has 0 bridgehead atoms. The molecule has 1 rings (SSSR count). The molecule has 1 aromatic carbocycles. The van der Waals surface area contributed by atoms with Crippen LogP contribution in [0.3, 0.4) is 0 Å². The van der Waals surface area contributed by atoms with Crippen molar-refractivity contribution in [3.8, 4) is 0 Å². The molecule has 0 aliphatic rings. The molecule has 3 heteroatoms. The van der Waals surface area contributed by atoms with Crippen LogP contribution in [0.15, 0.2) is 18.2 Å². The molecule has 16 heavy (non-hydrogen) atoms. The predicted molar refractivity (Wildman–Crippen MR) is 68.1 cm³/mol. The molecule has 2 nitrogen and oxygen atoms in total. The zero-order valence-corrected chi connectivity index (χ0v) is 10.5. The van der Waals surface area contributed by atoms with Gasteiger partial charge in [0.25, 0.3) is 0 Å². The van der Waals surface area contributed by atoms with E-state index in [1.54, 1.807) is 6.07 Å². The first kappa shape index (κ1) is 12.8. The molecule has 2 N–H and O–H groups in total. The lowest BCUT2D eigenvalue weighted by Gasteiger charge is -2.31. The van der Waals surface area contributed by atoms with Gasteiger partial charge in [-0.3, -0.25) is 0 Å². The second-order valence-corrected chi connectivity index (χ2v) is 4.84. The molecule has 0 aromatic heterocycles. The largest absolute Gasteiger partial charge is 0.397 e. The molecule has 0 saturated carbocycles. The summed E-state index contributed by atoms with van der Waals surface area (Å²) >= 11 is 0. The normalized spacial score (nSPS) is 11.2. The highest BCUT2D eigenvalue weighted by atomic mass is 19.1. The fraction of sp³-hybridized carbons (Fsp3) is 0.538. The van der Waals surface area contributed by atoms with Crippen LogP contribution in [0.1, 0.15) is 27.7 Å². The molecule has 1 aromatic rings. The molecule has 0 atom stereocenters. The molecule has 0 fully saturated rings. The quantitative estimate of drug-likeness (QED) is 0.795. The lowest BCUT2D eigenvalue weighted by molar-refractivity contribution is 0.568. The minimum atomic E-state index is -0.237. The Morgan fingerprint density at radius 2 is 1.88 bits per heavy atom. The van der Waals surface area contributed by atoms with E-state index in [1.165, 1.54) is 12.1 Å². The Hall–Kier alpha value is -1.25. The summed E-state index contributed by atoms with van der Waals surface area (Å²) < 4.78 is 13.2. The van der Waals surface area contributed by atoms with Gasteiger partial charge in [0.2, 0.25) is 0 Å². The Kier molecular flexibility index (Phi) is 4.16. The number of nitrogens with two attached hydrogens (primary N) is 1. The second kappa shape index (κ2) is 5.19. The summed E-state index contributed by atoms with van der Waals surface area (Å²) in [5, 5.41) is 0. The third-order valence-corrected chi connectivity index (χ3v) is 2.49. The Morgan fingerprint density at radius 1 is 1.25 bits per heavy atom. The van der Waals surface area contributed by atoms with E-state index < -0.39 is 0 Å². The standard InChI is InChI=1S/C13H21FN2/c1-9(2)8-16(10(3)4)13-7-11(14)5-6-12(13)15/h5-7,9-10H,8,15H2,1-4H3. The molecule has 0 aliphatic heterocycles. The maximum Gasteiger partial charge on any atom is 0.125 e. The van der Waals surface area contributed by atoms with Crippen LogP contribution in [0, 0.1) is 11.7 Å². The molecule has 90 valence electrons. The van der Waals surface area contributed by atoms with Crippen LogP contribution in [0.4, 0.5) is 15.8 Å². The molecule has 0 aliphatic carbocycles. The van der Waals surface area contributed by atoms with Gasteiger partial charge in [0.05, 0.1) is 11.4 Å². The van der Waals surface area contributed by atoms with Gasteiger partial charge < -0.3 is 10.6 Å². The highest BCUT2D eigenvalue weighted by Crippen LogP contribution is 2.26. The highest BCUT2D eigenvalue weighted by Gasteiger charge is 2.15. The summed E-state index contributed by atoms with van der Waals surface area (Å²) in [7, 11) is 0. The zero-order valence-electron chi connectivity index (χ0n) is 10.5. The molecular formula is C13H21FN2. The summed E-state index contributed by atoms with van der Waals surface area (Å²) in [5.41, 5.74) is 7.33. The van der Waals surface area contributed by atoms with Crippen molar-refractivity contribution in [3.05, 3.63) is 24.0 Å². The summed E-state index contributed by atoms with van der Waals surface area (Å²) in [6.07, 6.45) is 0. The SMILES string of the molecule is CC(C)CN(c1cc(F)ccc1N)C(C)C. The van der Waals surface area contributed by atoms with Gasteiger partial charge in [-0.15, -0.1) is 0 Å². The lowest BCUT2D eigenvalue weighted by Crippen LogP contribution is -2.34. The fourth-order valence-corrected chi connectivity index (χ4v) is 1.75. The highest BCUT2D eigenvalue weighted by molar-refractivity contribution is 5.67. The van der Waals surface area contributed by atoms with Crippen molar-refractivity contribution in [1.29, 1.82) is 0 Å². The average Bonchev–Trinajstić information content (AvgIpc) is 2.18. The van der Waals surface area contributed by atoms with Crippen LogP contribution in [-0.4, -0.2) is 12.6 Å². The van der Waals surface area contributed by atoms with E-state index in [2.05, 4.69) is 32.6 Å². The number of anilines is 2. The molecule has 0 spiro atoms. The minimum Gasteiger partial charge on any atom is -0.397 e. The van der Waals surface area contributed by atoms with Gasteiger partial charge >= 0.3 is 0 Å². The maximum atomic E-state index is 13.2. The van der Waals surface area contributed by atoms with Crippen LogP contribution in [0.2, 0.25) is 0 Å². The van der Waals surface area contributed by atoms with E-state index in [0.717, 1.165) is 12.2 Å². The van der Waals surface area contributed by atoms with Crippen LogP contribution in [-0.2, 0) is 0 Å². The predicted octanol–water partition coefficient (Wildman–Crippen LogP) is 3.28. The summed E-state index contributed by atoms with van der Waals surface area (Å²) in [4.78, 5) is 2.14.